The Balaban J connectivity index is 2.11. The first kappa shape index (κ1) is 31.4. The summed E-state index contributed by atoms with van der Waals surface area (Å²) in [5.41, 5.74) is 5.10. The van der Waals surface area contributed by atoms with Gasteiger partial charge in [-0.1, -0.05) is 95.2 Å². The Labute approximate surface area is 245 Å². The zero-order chi connectivity index (χ0) is 29.9. The van der Waals surface area contributed by atoms with Crippen molar-refractivity contribution in [3.05, 3.63) is 74.3 Å². The minimum atomic E-state index is -0.224. The average molecular weight is 575 g/mol. The fourth-order valence-corrected chi connectivity index (χ4v) is 5.16. The molecule has 0 atom stereocenters. The van der Waals surface area contributed by atoms with Gasteiger partial charge in [0.25, 0.3) is 10.3 Å². The van der Waals surface area contributed by atoms with Gasteiger partial charge in [-0.3, -0.25) is 0 Å². The van der Waals surface area contributed by atoms with Crippen molar-refractivity contribution in [3.63, 3.8) is 0 Å². The number of aromatic hydroxyl groups is 2. The highest BCUT2D eigenvalue weighted by Crippen LogP contribution is 2.40. The van der Waals surface area contributed by atoms with E-state index in [9.17, 15) is 10.2 Å². The second kappa shape index (κ2) is 10.3. The molecule has 1 aromatic heterocycles. The van der Waals surface area contributed by atoms with Gasteiger partial charge in [0.1, 0.15) is 24.6 Å². The van der Waals surface area contributed by atoms with E-state index >= 15 is 0 Å². The molecule has 0 aliphatic heterocycles. The van der Waals surface area contributed by atoms with Crippen molar-refractivity contribution in [2.75, 3.05) is 0 Å². The van der Waals surface area contributed by atoms with Gasteiger partial charge in [0.2, 0.25) is 6.33 Å². The van der Waals surface area contributed by atoms with E-state index in [0.29, 0.717) is 23.4 Å². The van der Waals surface area contributed by atoms with E-state index in [1.165, 1.54) is 0 Å². The van der Waals surface area contributed by atoms with Crippen molar-refractivity contribution in [3.8, 4) is 11.5 Å². The molecule has 0 bridgehead atoms. The lowest BCUT2D eigenvalue weighted by Gasteiger charge is -2.27. The maximum absolute atomic E-state index is 11.3. The average Bonchev–Trinajstić information content (AvgIpc) is 3.01. The van der Waals surface area contributed by atoms with Gasteiger partial charge in [0.05, 0.1) is 0 Å². The molecule has 3 aromatic rings. The number of halogens is 2. The van der Waals surface area contributed by atoms with Gasteiger partial charge in [-0.25, -0.2) is 9.13 Å². The van der Waals surface area contributed by atoms with E-state index in [4.69, 9.17) is 23.2 Å². The number of phenols is 2. The summed E-state index contributed by atoms with van der Waals surface area (Å²) in [4.78, 5) is 0. The first-order valence-corrected chi connectivity index (χ1v) is 14.4. The Morgan fingerprint density at radius 1 is 0.641 bits per heavy atom. The largest absolute Gasteiger partial charge is 0.507 e. The normalized spacial score (nSPS) is 13.3. The Kier molecular flexibility index (Phi) is 8.32. The van der Waals surface area contributed by atoms with Gasteiger partial charge in [-0.15, -0.1) is 0 Å². The van der Waals surface area contributed by atoms with Crippen molar-refractivity contribution < 1.29 is 14.8 Å². The minimum absolute atomic E-state index is 0.0825. The van der Waals surface area contributed by atoms with Crippen LogP contribution in [-0.4, -0.2) is 14.8 Å². The monoisotopic (exact) mass is 573 g/mol. The molecule has 0 aliphatic carbocycles. The second-order valence-corrected chi connectivity index (χ2v) is 15.7. The fourth-order valence-electron chi connectivity index (χ4n) is 4.73. The summed E-state index contributed by atoms with van der Waals surface area (Å²) < 4.78 is 3.71. The third kappa shape index (κ3) is 6.77. The number of nitrogens with zero attached hydrogens (tertiary/aromatic N) is 2. The van der Waals surface area contributed by atoms with Gasteiger partial charge in [-0.05, 0) is 79.2 Å². The number of rotatable bonds is 4. The zero-order valence-corrected chi connectivity index (χ0v) is 27.4. The van der Waals surface area contributed by atoms with Gasteiger partial charge in [-0.2, -0.15) is 0 Å². The summed E-state index contributed by atoms with van der Waals surface area (Å²) in [5.74, 6) is 0.571. The minimum Gasteiger partial charge on any atom is -0.507 e. The maximum atomic E-state index is 11.3. The van der Waals surface area contributed by atoms with E-state index in [1.54, 1.807) is 0 Å². The van der Waals surface area contributed by atoms with Crippen LogP contribution in [0.3, 0.4) is 0 Å². The highest BCUT2D eigenvalue weighted by atomic mass is 35.5. The fraction of sp³-hybridized carbons (Fsp3) is 0.545. The summed E-state index contributed by atoms with van der Waals surface area (Å²) in [7, 11) is 0. The van der Waals surface area contributed by atoms with Crippen molar-refractivity contribution >= 4 is 23.2 Å². The summed E-state index contributed by atoms with van der Waals surface area (Å²) in [5, 5.41) is 23.4. The van der Waals surface area contributed by atoms with Gasteiger partial charge >= 0.3 is 0 Å². The van der Waals surface area contributed by atoms with E-state index in [0.717, 1.165) is 33.4 Å². The molecule has 4 nitrogen and oxygen atoms in total. The van der Waals surface area contributed by atoms with Gasteiger partial charge in [0.15, 0.2) is 0 Å². The van der Waals surface area contributed by atoms with Crippen LogP contribution >= 0.6 is 23.2 Å². The van der Waals surface area contributed by atoms with Crippen LogP contribution in [0.1, 0.15) is 116 Å². The van der Waals surface area contributed by atoms with Crippen LogP contribution in [0, 0.1) is 0 Å². The second-order valence-electron chi connectivity index (χ2n) is 15.0. The summed E-state index contributed by atoms with van der Waals surface area (Å²) in [6.45, 7) is 26.4. The van der Waals surface area contributed by atoms with Crippen LogP contribution in [0.15, 0.2) is 30.6 Å². The predicted octanol–water partition coefficient (Wildman–Crippen LogP) is 8.78. The van der Waals surface area contributed by atoms with E-state index < -0.39 is 0 Å². The van der Waals surface area contributed by atoms with Crippen LogP contribution in [-0.2, 0) is 34.7 Å². The molecule has 0 aliphatic rings. The molecule has 3 rings (SSSR count). The molecule has 2 N–H and O–H groups in total. The van der Waals surface area contributed by atoms with E-state index in [2.05, 4.69) is 107 Å². The van der Waals surface area contributed by atoms with Gasteiger partial charge in [0, 0.05) is 11.1 Å². The first-order chi connectivity index (χ1) is 17.5. The van der Waals surface area contributed by atoms with Crippen LogP contribution in [0.4, 0.5) is 0 Å². The lowest BCUT2D eigenvalue weighted by atomic mass is 9.79. The SMILES string of the molecule is CC(C)(C)c1cc(Cn2c[n+](Cc3cc(C(C)(C)C)cc(C(C)(C)C)c3O)c(Cl)c2Cl)c(O)c(C(C)(C)C)c1. The summed E-state index contributed by atoms with van der Waals surface area (Å²) in [6.07, 6.45) is 1.87. The molecule has 2 aromatic carbocycles. The summed E-state index contributed by atoms with van der Waals surface area (Å²) in [6, 6.07) is 8.35. The number of aromatic nitrogens is 2. The Morgan fingerprint density at radius 2 is 1.05 bits per heavy atom. The molecule has 0 amide bonds. The predicted molar refractivity (Wildman–Crippen MR) is 164 cm³/mol. The number of imidazole rings is 1. The molecule has 0 saturated heterocycles. The molecule has 214 valence electrons. The van der Waals surface area contributed by atoms with Crippen molar-refractivity contribution in [2.45, 2.75) is 118 Å². The topological polar surface area (TPSA) is 49.3 Å². The molecule has 6 heteroatoms. The van der Waals surface area contributed by atoms with Gasteiger partial charge < -0.3 is 10.2 Å². The smallest absolute Gasteiger partial charge is 0.255 e. The lowest BCUT2D eigenvalue weighted by molar-refractivity contribution is -0.685. The number of benzene rings is 2. The summed E-state index contributed by atoms with van der Waals surface area (Å²) >= 11 is 13.5. The first-order valence-electron chi connectivity index (χ1n) is 13.7. The molecule has 0 unspecified atom stereocenters. The number of phenolic OH excluding ortho intramolecular Hbond substituents is 2. The molecule has 1 heterocycles. The molecule has 0 saturated carbocycles. The van der Waals surface area contributed by atoms with Crippen molar-refractivity contribution in [1.29, 1.82) is 0 Å². The highest BCUT2D eigenvalue weighted by Gasteiger charge is 2.29. The molecule has 0 fully saturated rings. The Hall–Kier alpha value is -2.17. The molecular formula is C33H47Cl2N2O2+. The van der Waals surface area contributed by atoms with E-state index in [1.807, 2.05) is 15.5 Å². The molecular weight excluding hydrogens is 527 g/mol. The molecule has 39 heavy (non-hydrogen) atoms. The van der Waals surface area contributed by atoms with Crippen LogP contribution in [0.5, 0.6) is 11.5 Å². The van der Waals surface area contributed by atoms with Crippen LogP contribution in [0.25, 0.3) is 0 Å². The van der Waals surface area contributed by atoms with Crippen molar-refractivity contribution in [2.24, 2.45) is 0 Å². The van der Waals surface area contributed by atoms with E-state index in [-0.39, 0.29) is 33.2 Å². The zero-order valence-electron chi connectivity index (χ0n) is 25.8. The van der Waals surface area contributed by atoms with Crippen LogP contribution in [0.2, 0.25) is 10.3 Å². The Morgan fingerprint density at radius 3 is 1.46 bits per heavy atom. The highest BCUT2D eigenvalue weighted by molar-refractivity contribution is 6.39. The molecule has 0 radical (unpaired) electrons. The maximum Gasteiger partial charge on any atom is 0.255 e. The third-order valence-electron chi connectivity index (χ3n) is 7.36. The molecule has 0 spiro atoms. The quantitative estimate of drug-likeness (QED) is 0.306. The van der Waals surface area contributed by atoms with Crippen molar-refractivity contribution in [1.82, 2.24) is 4.57 Å². The van der Waals surface area contributed by atoms with Crippen LogP contribution < -0.4 is 4.57 Å². The number of hydrogen-bond donors (Lipinski definition) is 2. The lowest BCUT2D eigenvalue weighted by Crippen LogP contribution is -2.34. The third-order valence-corrected chi connectivity index (χ3v) is 8.25. The Bertz CT molecular complexity index is 1270. The number of hydrogen-bond acceptors (Lipinski definition) is 2. The standard InChI is InChI=1S/C33H46Cl2N2O2/c1-30(2,3)22-13-20(26(38)24(15-22)32(7,8)9)17-36-19-37(29(35)28(36)34)18-21-14-23(31(4,5)6)16-25(27(21)39)33(10,11)12/h13-16,19H,17-18H2,1-12H3,(H-,38,39)/p+1.